The highest BCUT2D eigenvalue weighted by Gasteiger charge is 2.51. The molecule has 2 N–H and O–H groups in total. The van der Waals surface area contributed by atoms with Crippen molar-refractivity contribution in [2.75, 3.05) is 6.61 Å². The molecule has 0 spiro atoms. The molecule has 0 aliphatic carbocycles. The first-order valence-corrected chi connectivity index (χ1v) is 11.2. The summed E-state index contributed by atoms with van der Waals surface area (Å²) in [4.78, 5) is 23.2. The van der Waals surface area contributed by atoms with Crippen molar-refractivity contribution in [3.05, 3.63) is 35.9 Å². The summed E-state index contributed by atoms with van der Waals surface area (Å²) in [7, 11) is -3.79. The van der Waals surface area contributed by atoms with Crippen LogP contribution in [0.25, 0.3) is 0 Å². The van der Waals surface area contributed by atoms with E-state index in [-0.39, 0.29) is 18.2 Å². The summed E-state index contributed by atoms with van der Waals surface area (Å²) in [5.74, 6) is -2.27. The molecule has 5 unspecified atom stereocenters. The van der Waals surface area contributed by atoms with Crippen LogP contribution in [0.2, 0.25) is 0 Å². The monoisotopic (exact) mass is 382 g/mol. The lowest BCUT2D eigenvalue weighted by Crippen LogP contribution is -2.45. The Morgan fingerprint density at radius 2 is 1.92 bits per heavy atom. The van der Waals surface area contributed by atoms with E-state index in [4.69, 9.17) is 4.74 Å². The number of hydrogen-bond donors (Lipinski definition) is 2. The van der Waals surface area contributed by atoms with Crippen molar-refractivity contribution in [1.29, 1.82) is 0 Å². The van der Waals surface area contributed by atoms with Crippen molar-refractivity contribution in [2.45, 2.75) is 58.5 Å². The molecule has 2 rings (SSSR count). The Morgan fingerprint density at radius 3 is 2.38 bits per heavy atom. The van der Waals surface area contributed by atoms with Crippen LogP contribution in [0.5, 0.6) is 0 Å². The summed E-state index contributed by atoms with van der Waals surface area (Å²) in [6, 6.07) is 9.12. The number of hydrogen-bond acceptors (Lipinski definition) is 3. The van der Waals surface area contributed by atoms with E-state index in [0.717, 1.165) is 18.4 Å². The molecule has 1 aromatic carbocycles. The number of carboxylic acids is 1. The minimum absolute atomic E-state index is 0.0161. The summed E-state index contributed by atoms with van der Waals surface area (Å²) in [6.07, 6.45) is 1.52. The van der Waals surface area contributed by atoms with Gasteiger partial charge < -0.3 is 14.7 Å². The highest BCUT2D eigenvalue weighted by Crippen LogP contribution is 2.60. The van der Waals surface area contributed by atoms with Gasteiger partial charge in [-0.05, 0) is 29.7 Å². The van der Waals surface area contributed by atoms with Gasteiger partial charge in [-0.25, -0.2) is 0 Å². The van der Waals surface area contributed by atoms with Gasteiger partial charge in [-0.15, -0.1) is 0 Å². The molecule has 26 heavy (non-hydrogen) atoms. The van der Waals surface area contributed by atoms with Crippen molar-refractivity contribution in [3.63, 3.8) is 0 Å². The maximum Gasteiger partial charge on any atom is 0.307 e. The van der Waals surface area contributed by atoms with Gasteiger partial charge in [0.05, 0.1) is 17.7 Å². The number of rotatable bonds is 7. The number of carbonyl (C=O) groups is 1. The number of benzene rings is 1. The summed E-state index contributed by atoms with van der Waals surface area (Å²) in [5.41, 5.74) is -0.733. The van der Waals surface area contributed by atoms with E-state index in [1.54, 1.807) is 0 Å². The largest absolute Gasteiger partial charge is 0.481 e. The Bertz CT molecular complexity index is 646. The topological polar surface area (TPSA) is 83.8 Å². The highest BCUT2D eigenvalue weighted by molar-refractivity contribution is 7.58. The Balaban J connectivity index is 2.39. The predicted octanol–water partition coefficient (Wildman–Crippen LogP) is 4.39. The summed E-state index contributed by atoms with van der Waals surface area (Å²) >= 11 is 0. The van der Waals surface area contributed by atoms with Crippen molar-refractivity contribution < 1.29 is 24.1 Å². The van der Waals surface area contributed by atoms with Crippen LogP contribution in [-0.4, -0.2) is 34.3 Å². The minimum atomic E-state index is -3.79. The molecule has 1 aliphatic rings. The Hall–Kier alpha value is -1.16. The third-order valence-corrected chi connectivity index (χ3v) is 8.10. The quantitative estimate of drug-likeness (QED) is 0.684. The zero-order valence-electron chi connectivity index (χ0n) is 16.1. The third kappa shape index (κ3) is 4.97. The molecule has 5 atom stereocenters. The maximum atomic E-state index is 13.4. The van der Waals surface area contributed by atoms with Crippen LogP contribution in [0.4, 0.5) is 0 Å². The van der Waals surface area contributed by atoms with Gasteiger partial charge in [0.1, 0.15) is 0 Å². The molecule has 0 bridgehead atoms. The summed E-state index contributed by atoms with van der Waals surface area (Å²) in [6.45, 7) is 8.02. The summed E-state index contributed by atoms with van der Waals surface area (Å²) in [5, 5.41) is 9.98. The first-order chi connectivity index (χ1) is 12.0. The van der Waals surface area contributed by atoms with Gasteiger partial charge in [0.15, 0.2) is 0 Å². The second kappa shape index (κ2) is 8.24. The molecular formula is C20H31O5P. The van der Waals surface area contributed by atoms with Gasteiger partial charge in [0, 0.05) is 12.8 Å². The van der Waals surface area contributed by atoms with Crippen LogP contribution in [0.3, 0.4) is 0 Å². The average molecular weight is 382 g/mol. The van der Waals surface area contributed by atoms with E-state index < -0.39 is 30.3 Å². The van der Waals surface area contributed by atoms with Crippen LogP contribution in [-0.2, 0) is 20.3 Å². The fourth-order valence-electron chi connectivity index (χ4n) is 4.23. The normalized spacial score (nSPS) is 23.8. The number of ether oxygens (including phenoxy) is 1. The molecule has 0 saturated carbocycles. The lowest BCUT2D eigenvalue weighted by atomic mass is 9.76. The zero-order chi connectivity index (χ0) is 19.5. The van der Waals surface area contributed by atoms with Gasteiger partial charge in [-0.1, -0.05) is 58.0 Å². The van der Waals surface area contributed by atoms with Crippen LogP contribution in [0.15, 0.2) is 30.3 Å². The lowest BCUT2D eigenvalue weighted by molar-refractivity contribution is -0.146. The van der Waals surface area contributed by atoms with E-state index in [2.05, 4.69) is 0 Å². The fraction of sp³-hybridized carbons (Fsp3) is 0.650. The highest BCUT2D eigenvalue weighted by atomic mass is 31.2. The summed E-state index contributed by atoms with van der Waals surface area (Å²) < 4.78 is 19.2. The third-order valence-electron chi connectivity index (χ3n) is 5.32. The van der Waals surface area contributed by atoms with Crippen molar-refractivity contribution >= 4 is 13.3 Å². The Labute approximate surface area is 156 Å². The second-order valence-electron chi connectivity index (χ2n) is 8.48. The SMILES string of the molecule is CC(C1CCCO1)C(C(=O)O)C(C(C)(C)C)P(=O)(O)Cc1ccccc1. The molecule has 0 amide bonds. The number of carboxylic acid groups (broad SMARTS) is 1. The van der Waals surface area contributed by atoms with E-state index in [1.165, 1.54) is 0 Å². The first kappa shape index (κ1) is 21.1. The molecule has 1 heterocycles. The van der Waals surface area contributed by atoms with E-state index in [9.17, 15) is 19.4 Å². The van der Waals surface area contributed by atoms with E-state index in [0.29, 0.717) is 6.61 Å². The van der Waals surface area contributed by atoms with E-state index >= 15 is 0 Å². The molecule has 146 valence electrons. The predicted molar refractivity (Wildman–Crippen MR) is 102 cm³/mol. The second-order valence-corrected chi connectivity index (χ2v) is 10.9. The van der Waals surface area contributed by atoms with Gasteiger partial charge in [0.25, 0.3) is 0 Å². The van der Waals surface area contributed by atoms with Crippen LogP contribution in [0, 0.1) is 17.3 Å². The molecule has 1 saturated heterocycles. The van der Waals surface area contributed by atoms with E-state index in [1.807, 2.05) is 58.0 Å². The molecule has 5 nitrogen and oxygen atoms in total. The molecule has 6 heteroatoms. The van der Waals surface area contributed by atoms with Crippen molar-refractivity contribution in [3.8, 4) is 0 Å². The lowest BCUT2D eigenvalue weighted by Gasteiger charge is -2.41. The van der Waals surface area contributed by atoms with Crippen molar-refractivity contribution in [2.24, 2.45) is 17.3 Å². The minimum Gasteiger partial charge on any atom is -0.481 e. The van der Waals surface area contributed by atoms with Gasteiger partial charge >= 0.3 is 5.97 Å². The number of aliphatic carboxylic acids is 1. The molecule has 1 aliphatic heterocycles. The zero-order valence-corrected chi connectivity index (χ0v) is 17.0. The first-order valence-electron chi connectivity index (χ1n) is 9.24. The Kier molecular flexibility index (Phi) is 6.70. The van der Waals surface area contributed by atoms with Crippen LogP contribution < -0.4 is 0 Å². The van der Waals surface area contributed by atoms with Crippen molar-refractivity contribution in [1.82, 2.24) is 0 Å². The van der Waals surface area contributed by atoms with Gasteiger partial charge in [0.2, 0.25) is 7.37 Å². The smallest absolute Gasteiger partial charge is 0.307 e. The Morgan fingerprint density at radius 1 is 1.31 bits per heavy atom. The molecular weight excluding hydrogens is 351 g/mol. The molecule has 1 aromatic rings. The molecule has 1 fully saturated rings. The standard InChI is InChI=1S/C20H31O5P/c1-14(16-11-8-12-25-16)17(19(21)22)18(20(2,3)4)26(23,24)13-15-9-6-5-7-10-15/h5-7,9-10,14,16-18H,8,11-13H2,1-4H3,(H,21,22)(H,23,24). The molecule has 0 radical (unpaired) electrons. The average Bonchev–Trinajstić information content (AvgIpc) is 3.05. The maximum absolute atomic E-state index is 13.4. The van der Waals surface area contributed by atoms with Gasteiger partial charge in [-0.3, -0.25) is 9.36 Å². The van der Waals surface area contributed by atoms with Crippen LogP contribution in [0.1, 0.15) is 46.1 Å². The van der Waals surface area contributed by atoms with Gasteiger partial charge in [-0.2, -0.15) is 0 Å². The fourth-order valence-corrected chi connectivity index (χ4v) is 7.28. The molecule has 0 aromatic heterocycles. The van der Waals surface area contributed by atoms with Crippen LogP contribution >= 0.6 is 7.37 Å².